The fourth-order valence-electron chi connectivity index (χ4n) is 1.34. The van der Waals surface area contributed by atoms with Gasteiger partial charge in [0, 0.05) is 0 Å². The number of aromatic amines is 1. The predicted molar refractivity (Wildman–Crippen MR) is 58.8 cm³/mol. The average Bonchev–Trinajstić information content (AvgIpc) is 2.19. The van der Waals surface area contributed by atoms with E-state index in [1.807, 2.05) is 0 Å². The minimum atomic E-state index is -0.591. The molecule has 0 saturated heterocycles. The van der Waals surface area contributed by atoms with Crippen molar-refractivity contribution in [3.63, 3.8) is 0 Å². The van der Waals surface area contributed by atoms with E-state index in [1.54, 1.807) is 6.07 Å². The molecular formula is C10H7FN2O2S. The summed E-state index contributed by atoms with van der Waals surface area (Å²) in [5, 5.41) is 9.11. The van der Waals surface area contributed by atoms with Crippen LogP contribution >= 0.6 is 12.2 Å². The van der Waals surface area contributed by atoms with Crippen molar-refractivity contribution >= 4 is 12.2 Å². The molecule has 0 atom stereocenters. The number of benzene rings is 1. The molecule has 4 nitrogen and oxygen atoms in total. The number of halogens is 1. The molecule has 1 aromatic carbocycles. The van der Waals surface area contributed by atoms with E-state index in [-0.39, 0.29) is 16.3 Å². The van der Waals surface area contributed by atoms with Crippen LogP contribution in [0.15, 0.2) is 35.1 Å². The van der Waals surface area contributed by atoms with E-state index in [1.165, 1.54) is 18.2 Å². The molecule has 0 aliphatic heterocycles. The second-order valence-electron chi connectivity index (χ2n) is 3.08. The first kappa shape index (κ1) is 10.6. The smallest absolute Gasteiger partial charge is 0.262 e. The van der Waals surface area contributed by atoms with Gasteiger partial charge >= 0.3 is 0 Å². The summed E-state index contributed by atoms with van der Waals surface area (Å²) in [5.74, 6) is -0.905. The lowest BCUT2D eigenvalue weighted by molar-refractivity contribution is 0.447. The van der Waals surface area contributed by atoms with Gasteiger partial charge in [0.2, 0.25) is 0 Å². The average molecular weight is 238 g/mol. The van der Waals surface area contributed by atoms with Crippen molar-refractivity contribution in [2.24, 2.45) is 0 Å². The summed E-state index contributed by atoms with van der Waals surface area (Å²) in [7, 11) is 0. The molecule has 0 aliphatic rings. The lowest BCUT2D eigenvalue weighted by Gasteiger charge is -2.06. The van der Waals surface area contributed by atoms with Crippen LogP contribution in [0.2, 0.25) is 0 Å². The topological polar surface area (TPSA) is 58.0 Å². The lowest BCUT2D eigenvalue weighted by Crippen LogP contribution is -2.19. The fourth-order valence-corrected chi connectivity index (χ4v) is 1.64. The molecule has 82 valence electrons. The highest BCUT2D eigenvalue weighted by Crippen LogP contribution is 2.11. The molecule has 0 spiro atoms. The Bertz CT molecular complexity index is 617. The number of H-pyrrole nitrogens is 1. The number of para-hydroxylation sites is 1. The van der Waals surface area contributed by atoms with Crippen molar-refractivity contribution < 1.29 is 9.50 Å². The van der Waals surface area contributed by atoms with Crippen LogP contribution in [0, 0.1) is 10.6 Å². The van der Waals surface area contributed by atoms with Gasteiger partial charge in [-0.15, -0.1) is 0 Å². The third-order valence-corrected chi connectivity index (χ3v) is 2.30. The zero-order valence-electron chi connectivity index (χ0n) is 7.98. The number of aromatic hydroxyl groups is 1. The van der Waals surface area contributed by atoms with Gasteiger partial charge < -0.3 is 10.1 Å². The van der Waals surface area contributed by atoms with Crippen LogP contribution < -0.4 is 5.56 Å². The minimum Gasteiger partial charge on any atom is -0.494 e. The van der Waals surface area contributed by atoms with Crippen molar-refractivity contribution in [1.82, 2.24) is 9.55 Å². The molecule has 0 radical (unpaired) electrons. The SMILES string of the molecule is O=c1cc(O)[nH]c(=S)n1-c1ccccc1F. The van der Waals surface area contributed by atoms with Gasteiger partial charge in [-0.05, 0) is 24.4 Å². The molecule has 2 rings (SSSR count). The number of aromatic nitrogens is 2. The molecule has 0 unspecified atom stereocenters. The Labute approximate surface area is 94.6 Å². The van der Waals surface area contributed by atoms with Crippen molar-refractivity contribution in [3.05, 3.63) is 51.3 Å². The molecule has 16 heavy (non-hydrogen) atoms. The van der Waals surface area contributed by atoms with Crippen molar-refractivity contribution in [2.45, 2.75) is 0 Å². The summed E-state index contributed by atoms with van der Waals surface area (Å²) < 4.78 is 14.4. The summed E-state index contributed by atoms with van der Waals surface area (Å²) >= 11 is 4.85. The second-order valence-corrected chi connectivity index (χ2v) is 3.47. The monoisotopic (exact) mass is 238 g/mol. The van der Waals surface area contributed by atoms with Crippen LogP contribution in [-0.4, -0.2) is 14.7 Å². The summed E-state index contributed by atoms with van der Waals surface area (Å²) in [6, 6.07) is 6.69. The van der Waals surface area contributed by atoms with E-state index in [0.29, 0.717) is 0 Å². The molecule has 0 aliphatic carbocycles. The van der Waals surface area contributed by atoms with E-state index in [9.17, 15) is 9.18 Å². The summed E-state index contributed by atoms with van der Waals surface area (Å²) in [6.07, 6.45) is 0. The van der Waals surface area contributed by atoms with Gasteiger partial charge in [-0.25, -0.2) is 4.39 Å². The molecule has 1 aromatic heterocycles. The highest BCUT2D eigenvalue weighted by atomic mass is 32.1. The van der Waals surface area contributed by atoms with Crippen LogP contribution in [0.5, 0.6) is 5.88 Å². The fraction of sp³-hybridized carbons (Fsp3) is 0. The van der Waals surface area contributed by atoms with Gasteiger partial charge in [-0.3, -0.25) is 9.36 Å². The Balaban J connectivity index is 2.81. The van der Waals surface area contributed by atoms with Gasteiger partial charge in [0.15, 0.2) is 10.7 Å². The quantitative estimate of drug-likeness (QED) is 0.744. The van der Waals surface area contributed by atoms with E-state index in [4.69, 9.17) is 17.3 Å². The molecular weight excluding hydrogens is 231 g/mol. The molecule has 0 saturated carbocycles. The minimum absolute atomic E-state index is 0.0498. The number of hydrogen-bond donors (Lipinski definition) is 2. The Morgan fingerprint density at radius 1 is 1.38 bits per heavy atom. The normalized spacial score (nSPS) is 10.3. The number of nitrogens with one attached hydrogen (secondary N) is 1. The molecule has 0 fully saturated rings. The van der Waals surface area contributed by atoms with E-state index < -0.39 is 11.4 Å². The zero-order chi connectivity index (χ0) is 11.7. The summed E-state index contributed by atoms with van der Waals surface area (Å²) in [5.41, 5.74) is -0.542. The van der Waals surface area contributed by atoms with Crippen LogP contribution in [-0.2, 0) is 0 Å². The van der Waals surface area contributed by atoms with E-state index >= 15 is 0 Å². The van der Waals surface area contributed by atoms with Crippen molar-refractivity contribution in [3.8, 4) is 11.6 Å². The Hall–Kier alpha value is -1.95. The lowest BCUT2D eigenvalue weighted by atomic mass is 10.3. The number of rotatable bonds is 1. The first-order valence-electron chi connectivity index (χ1n) is 4.40. The van der Waals surface area contributed by atoms with Gasteiger partial charge in [0.05, 0.1) is 11.8 Å². The first-order chi connectivity index (χ1) is 7.59. The maximum atomic E-state index is 13.5. The van der Waals surface area contributed by atoms with Gasteiger partial charge in [0.1, 0.15) is 5.82 Å². The largest absolute Gasteiger partial charge is 0.494 e. The van der Waals surface area contributed by atoms with Crippen LogP contribution in [0.4, 0.5) is 4.39 Å². The maximum Gasteiger partial charge on any atom is 0.262 e. The molecule has 1 heterocycles. The van der Waals surface area contributed by atoms with E-state index in [2.05, 4.69) is 4.98 Å². The number of nitrogens with zero attached hydrogens (tertiary/aromatic N) is 1. The third kappa shape index (κ3) is 1.74. The molecule has 0 amide bonds. The maximum absolute atomic E-state index is 13.5. The highest BCUT2D eigenvalue weighted by molar-refractivity contribution is 7.71. The molecule has 2 N–H and O–H groups in total. The summed E-state index contributed by atoms with van der Waals surface area (Å²) in [6.45, 7) is 0. The van der Waals surface area contributed by atoms with E-state index in [0.717, 1.165) is 10.6 Å². The van der Waals surface area contributed by atoms with Crippen molar-refractivity contribution in [2.75, 3.05) is 0 Å². The Morgan fingerprint density at radius 3 is 2.69 bits per heavy atom. The third-order valence-electron chi connectivity index (χ3n) is 2.01. The molecule has 2 aromatic rings. The zero-order valence-corrected chi connectivity index (χ0v) is 8.79. The molecule has 6 heteroatoms. The van der Waals surface area contributed by atoms with Gasteiger partial charge in [0.25, 0.3) is 5.56 Å². The first-order valence-corrected chi connectivity index (χ1v) is 4.80. The Morgan fingerprint density at radius 2 is 2.06 bits per heavy atom. The van der Waals surface area contributed by atoms with Crippen LogP contribution in [0.3, 0.4) is 0 Å². The van der Waals surface area contributed by atoms with Gasteiger partial charge in [-0.2, -0.15) is 0 Å². The predicted octanol–water partition coefficient (Wildman–Crippen LogP) is 1.74. The highest BCUT2D eigenvalue weighted by Gasteiger charge is 2.07. The molecule has 0 bridgehead atoms. The standard InChI is InChI=1S/C10H7FN2O2S/c11-6-3-1-2-4-7(6)13-9(15)5-8(14)12-10(13)16/h1-5,14H,(H,12,16). The van der Waals surface area contributed by atoms with Crippen LogP contribution in [0.1, 0.15) is 0 Å². The number of hydrogen-bond acceptors (Lipinski definition) is 3. The second kappa shape index (κ2) is 3.90. The van der Waals surface area contributed by atoms with Gasteiger partial charge in [-0.1, -0.05) is 12.1 Å². The Kier molecular flexibility index (Phi) is 2.57. The summed E-state index contributed by atoms with van der Waals surface area (Å²) in [4.78, 5) is 13.9. The van der Waals surface area contributed by atoms with Crippen molar-refractivity contribution in [1.29, 1.82) is 0 Å². The van der Waals surface area contributed by atoms with Crippen LogP contribution in [0.25, 0.3) is 5.69 Å².